The molecule has 0 atom stereocenters. The average molecular weight is 458 g/mol. The first kappa shape index (κ1) is 17.5. The molecule has 6 nitrogen and oxygen atoms in total. The van der Waals surface area contributed by atoms with Crippen LogP contribution in [0.3, 0.4) is 0 Å². The van der Waals surface area contributed by atoms with Gasteiger partial charge in [-0.3, -0.25) is 14.9 Å². The normalized spacial score (nSPS) is 11.3. The monoisotopic (exact) mass is 456 g/mol. The lowest BCUT2D eigenvalue weighted by Crippen LogP contribution is -2.13. The Morgan fingerprint density at radius 3 is 2.39 bits per heavy atom. The van der Waals surface area contributed by atoms with E-state index >= 15 is 0 Å². The number of alkyl halides is 3. The first-order valence-electron chi connectivity index (χ1n) is 5.71. The molecule has 0 fully saturated rings. The minimum Gasteiger partial charge on any atom is -0.395 e. The topological polar surface area (TPSA) is 85.4 Å². The molecule has 0 spiro atoms. The molecule has 0 unspecified atom stereocenters. The van der Waals surface area contributed by atoms with E-state index in [0.29, 0.717) is 0 Å². The number of amides is 1. The van der Waals surface area contributed by atoms with E-state index in [9.17, 15) is 28.1 Å². The molecule has 0 bridgehead atoms. The predicted octanol–water partition coefficient (Wildman–Crippen LogP) is 4.98. The fourth-order valence-corrected chi connectivity index (χ4v) is 2.91. The van der Waals surface area contributed by atoms with Crippen molar-refractivity contribution < 1.29 is 27.3 Å². The lowest BCUT2D eigenvalue weighted by Gasteiger charge is -2.13. The molecular weight excluding hydrogens is 453 g/mol. The van der Waals surface area contributed by atoms with Gasteiger partial charge in [-0.2, -0.15) is 13.2 Å². The second-order valence-corrected chi connectivity index (χ2v) is 5.87. The summed E-state index contributed by atoms with van der Waals surface area (Å²) in [6.07, 6.45) is -4.62. The summed E-state index contributed by atoms with van der Waals surface area (Å²) in [6, 6.07) is 3.87. The average Bonchev–Trinajstić information content (AvgIpc) is 2.90. The standard InChI is InChI=1S/C12H5Br2F3N2O4/c13-6-4-7(14)8(3-5(6)12(15,16)17)18-11(20)9-1-2-10(23-9)19(21)22/h1-4H,(H,18,20). The van der Waals surface area contributed by atoms with Crippen LogP contribution in [-0.2, 0) is 6.18 Å². The highest BCUT2D eigenvalue weighted by molar-refractivity contribution is 9.11. The van der Waals surface area contributed by atoms with Gasteiger partial charge in [-0.15, -0.1) is 0 Å². The Labute approximate surface area is 143 Å². The Hall–Kier alpha value is -1.88. The van der Waals surface area contributed by atoms with Crippen molar-refractivity contribution in [3.63, 3.8) is 0 Å². The van der Waals surface area contributed by atoms with Gasteiger partial charge >= 0.3 is 12.1 Å². The Kier molecular flexibility index (Phi) is 4.80. The summed E-state index contributed by atoms with van der Waals surface area (Å²) in [6.45, 7) is 0. The predicted molar refractivity (Wildman–Crippen MR) is 80.2 cm³/mol. The summed E-state index contributed by atoms with van der Waals surface area (Å²) in [5.74, 6) is -1.98. The molecule has 0 aliphatic carbocycles. The molecule has 122 valence electrons. The zero-order valence-corrected chi connectivity index (χ0v) is 14.0. The first-order valence-corrected chi connectivity index (χ1v) is 7.30. The molecule has 1 amide bonds. The third kappa shape index (κ3) is 3.91. The zero-order valence-electron chi connectivity index (χ0n) is 10.8. The second-order valence-electron chi connectivity index (χ2n) is 4.16. The van der Waals surface area contributed by atoms with Crippen LogP contribution in [0, 0.1) is 10.1 Å². The van der Waals surface area contributed by atoms with Crippen molar-refractivity contribution in [1.82, 2.24) is 0 Å². The maximum absolute atomic E-state index is 12.9. The van der Waals surface area contributed by atoms with Gasteiger partial charge in [0.2, 0.25) is 0 Å². The molecule has 1 aromatic heterocycles. The van der Waals surface area contributed by atoms with Crippen molar-refractivity contribution in [2.24, 2.45) is 0 Å². The maximum Gasteiger partial charge on any atom is 0.433 e. The van der Waals surface area contributed by atoms with E-state index in [1.165, 1.54) is 0 Å². The summed E-state index contributed by atoms with van der Waals surface area (Å²) >= 11 is 5.82. The smallest absolute Gasteiger partial charge is 0.395 e. The number of carbonyl (C=O) groups excluding carboxylic acids is 1. The largest absolute Gasteiger partial charge is 0.433 e. The number of benzene rings is 1. The van der Waals surface area contributed by atoms with Crippen molar-refractivity contribution in [2.45, 2.75) is 6.18 Å². The third-order valence-electron chi connectivity index (χ3n) is 2.61. The first-order chi connectivity index (χ1) is 10.6. The van der Waals surface area contributed by atoms with E-state index < -0.39 is 34.2 Å². The van der Waals surface area contributed by atoms with Gasteiger partial charge in [-0.1, -0.05) is 15.9 Å². The highest BCUT2D eigenvalue weighted by Crippen LogP contribution is 2.39. The molecule has 1 aromatic carbocycles. The van der Waals surface area contributed by atoms with Crippen LogP contribution in [0.1, 0.15) is 16.1 Å². The summed E-state index contributed by atoms with van der Waals surface area (Å²) in [4.78, 5) is 21.6. The van der Waals surface area contributed by atoms with Crippen LogP contribution in [0.15, 0.2) is 37.6 Å². The molecule has 11 heteroatoms. The van der Waals surface area contributed by atoms with Crippen LogP contribution in [0.5, 0.6) is 0 Å². The Balaban J connectivity index is 2.32. The van der Waals surface area contributed by atoms with Crippen LogP contribution >= 0.6 is 31.9 Å². The Morgan fingerprint density at radius 1 is 1.22 bits per heavy atom. The minimum absolute atomic E-state index is 0.162. The molecule has 1 heterocycles. The summed E-state index contributed by atoms with van der Waals surface area (Å²) < 4.78 is 43.2. The highest BCUT2D eigenvalue weighted by Gasteiger charge is 2.34. The molecule has 0 saturated carbocycles. The van der Waals surface area contributed by atoms with E-state index in [2.05, 4.69) is 41.6 Å². The lowest BCUT2D eigenvalue weighted by atomic mass is 10.2. The molecule has 0 radical (unpaired) electrons. The number of rotatable bonds is 3. The number of hydrogen-bond donors (Lipinski definition) is 1. The van der Waals surface area contributed by atoms with E-state index in [1.807, 2.05) is 0 Å². The van der Waals surface area contributed by atoms with Gasteiger partial charge in [0.25, 0.3) is 5.91 Å². The molecule has 0 saturated heterocycles. The molecule has 1 N–H and O–H groups in total. The van der Waals surface area contributed by atoms with Crippen LogP contribution < -0.4 is 5.32 Å². The highest BCUT2D eigenvalue weighted by atomic mass is 79.9. The van der Waals surface area contributed by atoms with Gasteiger partial charge < -0.3 is 9.73 Å². The number of furan rings is 1. The summed E-state index contributed by atoms with van der Waals surface area (Å²) in [5, 5.41) is 12.7. The van der Waals surface area contributed by atoms with Crippen molar-refractivity contribution in [3.8, 4) is 0 Å². The molecular formula is C12H5Br2F3N2O4. The van der Waals surface area contributed by atoms with E-state index in [0.717, 1.165) is 24.3 Å². The minimum atomic E-state index is -4.62. The van der Waals surface area contributed by atoms with Crippen LogP contribution in [-0.4, -0.2) is 10.8 Å². The number of halogens is 5. The SMILES string of the molecule is O=C(Nc1cc(C(F)(F)F)c(Br)cc1Br)c1ccc([N+](=O)[O-])o1. The van der Waals surface area contributed by atoms with Gasteiger partial charge in [-0.25, -0.2) is 0 Å². The van der Waals surface area contributed by atoms with Crippen LogP contribution in [0.2, 0.25) is 0 Å². The van der Waals surface area contributed by atoms with E-state index in [1.54, 1.807) is 0 Å². The molecule has 0 aliphatic heterocycles. The quantitative estimate of drug-likeness (QED) is 0.520. The van der Waals surface area contributed by atoms with Gasteiger partial charge in [0.1, 0.15) is 4.92 Å². The van der Waals surface area contributed by atoms with Crippen molar-refractivity contribution in [3.05, 3.63) is 54.6 Å². The van der Waals surface area contributed by atoms with Crippen molar-refractivity contribution in [1.29, 1.82) is 0 Å². The molecule has 0 aliphatic rings. The zero-order chi connectivity index (χ0) is 17.4. The lowest BCUT2D eigenvalue weighted by molar-refractivity contribution is -0.402. The third-order valence-corrected chi connectivity index (χ3v) is 3.92. The number of hydrogen-bond acceptors (Lipinski definition) is 4. The molecule has 2 rings (SSSR count). The maximum atomic E-state index is 12.9. The van der Waals surface area contributed by atoms with Gasteiger partial charge in [0, 0.05) is 8.95 Å². The Morgan fingerprint density at radius 2 is 1.87 bits per heavy atom. The Bertz CT molecular complexity index is 789. The fourth-order valence-electron chi connectivity index (χ4n) is 1.59. The van der Waals surface area contributed by atoms with Crippen LogP contribution in [0.4, 0.5) is 24.7 Å². The van der Waals surface area contributed by atoms with E-state index in [4.69, 9.17) is 0 Å². The number of nitrogens with one attached hydrogen (secondary N) is 1. The van der Waals surface area contributed by atoms with Crippen molar-refractivity contribution in [2.75, 3.05) is 5.32 Å². The summed E-state index contributed by atoms with van der Waals surface area (Å²) in [5.41, 5.74) is -1.15. The van der Waals surface area contributed by atoms with Gasteiger partial charge in [0.05, 0.1) is 17.3 Å². The van der Waals surface area contributed by atoms with E-state index in [-0.39, 0.29) is 14.6 Å². The number of carbonyl (C=O) groups is 1. The number of nitrogens with zero attached hydrogens (tertiary/aromatic N) is 1. The van der Waals surface area contributed by atoms with Gasteiger partial charge in [-0.05, 0) is 34.1 Å². The molecule has 23 heavy (non-hydrogen) atoms. The van der Waals surface area contributed by atoms with Gasteiger partial charge in [0.15, 0.2) is 5.76 Å². The fraction of sp³-hybridized carbons (Fsp3) is 0.0833. The number of nitro groups is 1. The second kappa shape index (κ2) is 6.32. The van der Waals surface area contributed by atoms with Crippen molar-refractivity contribution >= 4 is 49.3 Å². The summed E-state index contributed by atoms with van der Waals surface area (Å²) in [7, 11) is 0. The van der Waals surface area contributed by atoms with Crippen LogP contribution in [0.25, 0.3) is 0 Å². The number of anilines is 1. The molecule has 2 aromatic rings.